The second-order valence-electron chi connectivity index (χ2n) is 5.08. The fourth-order valence-corrected chi connectivity index (χ4v) is 3.04. The topological polar surface area (TPSA) is 29.5 Å². The Labute approximate surface area is 113 Å². The maximum atomic E-state index is 10.2. The third kappa shape index (κ3) is 2.24. The highest BCUT2D eigenvalue weighted by Crippen LogP contribution is 2.40. The minimum atomic E-state index is -0.297. The molecule has 1 aliphatic carbocycles. The molecule has 0 radical (unpaired) electrons. The Morgan fingerprint density at radius 2 is 1.84 bits per heavy atom. The van der Waals surface area contributed by atoms with Gasteiger partial charge in [-0.25, -0.2) is 0 Å². The number of rotatable bonds is 2. The van der Waals surface area contributed by atoms with Crippen molar-refractivity contribution in [2.45, 2.75) is 24.9 Å². The quantitative estimate of drug-likeness (QED) is 0.892. The number of aliphatic hydroxyl groups is 1. The van der Waals surface area contributed by atoms with Crippen LogP contribution in [0.4, 0.5) is 0 Å². The minimum Gasteiger partial charge on any atom is -0.496 e. The monoisotopic (exact) mass is 254 g/mol. The summed E-state index contributed by atoms with van der Waals surface area (Å²) < 4.78 is 5.43. The number of fused-ring (bicyclic) bond motifs is 1. The van der Waals surface area contributed by atoms with E-state index in [1.807, 2.05) is 18.2 Å². The van der Waals surface area contributed by atoms with E-state index >= 15 is 0 Å². The van der Waals surface area contributed by atoms with Gasteiger partial charge in [0.15, 0.2) is 0 Å². The zero-order valence-corrected chi connectivity index (χ0v) is 11.0. The Morgan fingerprint density at radius 1 is 1.05 bits per heavy atom. The Morgan fingerprint density at radius 3 is 2.58 bits per heavy atom. The van der Waals surface area contributed by atoms with E-state index in [4.69, 9.17) is 4.74 Å². The van der Waals surface area contributed by atoms with Crippen molar-refractivity contribution < 1.29 is 9.84 Å². The SMILES string of the molecule is COc1cccc2c1C[C@H](O)C[C@@H]2c1ccccc1. The van der Waals surface area contributed by atoms with Crippen LogP contribution in [0.5, 0.6) is 5.75 Å². The molecule has 0 bridgehead atoms. The molecular weight excluding hydrogens is 236 g/mol. The zero-order valence-electron chi connectivity index (χ0n) is 11.0. The third-order valence-electron chi connectivity index (χ3n) is 3.91. The van der Waals surface area contributed by atoms with Gasteiger partial charge in [-0.05, 0) is 23.6 Å². The van der Waals surface area contributed by atoms with Gasteiger partial charge in [0.25, 0.3) is 0 Å². The minimum absolute atomic E-state index is 0.259. The van der Waals surface area contributed by atoms with Gasteiger partial charge < -0.3 is 9.84 Å². The summed E-state index contributed by atoms with van der Waals surface area (Å²) in [4.78, 5) is 0. The Balaban J connectivity index is 2.10. The first kappa shape index (κ1) is 12.2. The normalized spacial score (nSPS) is 21.8. The number of aliphatic hydroxyl groups excluding tert-OH is 1. The van der Waals surface area contributed by atoms with Crippen LogP contribution < -0.4 is 4.74 Å². The summed E-state index contributed by atoms with van der Waals surface area (Å²) in [6.45, 7) is 0. The smallest absolute Gasteiger partial charge is 0.122 e. The molecule has 3 rings (SSSR count). The number of hydrogen-bond donors (Lipinski definition) is 1. The lowest BCUT2D eigenvalue weighted by atomic mass is 9.77. The van der Waals surface area contributed by atoms with Crippen LogP contribution in [0.3, 0.4) is 0 Å². The highest BCUT2D eigenvalue weighted by molar-refractivity contribution is 5.47. The van der Waals surface area contributed by atoms with Gasteiger partial charge in [-0.1, -0.05) is 42.5 Å². The molecule has 1 aliphatic rings. The third-order valence-corrected chi connectivity index (χ3v) is 3.91. The van der Waals surface area contributed by atoms with E-state index in [9.17, 15) is 5.11 Å². The molecule has 2 heteroatoms. The summed E-state index contributed by atoms with van der Waals surface area (Å²) in [5.74, 6) is 1.15. The van der Waals surface area contributed by atoms with Crippen molar-refractivity contribution in [3.63, 3.8) is 0 Å². The summed E-state index contributed by atoms with van der Waals surface area (Å²) in [6, 6.07) is 16.5. The van der Waals surface area contributed by atoms with E-state index in [2.05, 4.69) is 30.3 Å². The van der Waals surface area contributed by atoms with Gasteiger partial charge in [0.05, 0.1) is 13.2 Å². The van der Waals surface area contributed by atoms with E-state index in [1.165, 1.54) is 11.1 Å². The van der Waals surface area contributed by atoms with Crippen molar-refractivity contribution in [2.24, 2.45) is 0 Å². The number of methoxy groups -OCH3 is 1. The first-order valence-electron chi connectivity index (χ1n) is 6.68. The number of hydrogen-bond acceptors (Lipinski definition) is 2. The molecule has 2 aromatic carbocycles. The maximum Gasteiger partial charge on any atom is 0.122 e. The molecule has 0 unspecified atom stereocenters. The average Bonchev–Trinajstić information content (AvgIpc) is 2.46. The largest absolute Gasteiger partial charge is 0.496 e. The van der Waals surface area contributed by atoms with Crippen LogP contribution in [0, 0.1) is 0 Å². The van der Waals surface area contributed by atoms with Crippen LogP contribution in [0.15, 0.2) is 48.5 Å². The van der Waals surface area contributed by atoms with Crippen LogP contribution >= 0.6 is 0 Å². The van der Waals surface area contributed by atoms with Gasteiger partial charge in [0.2, 0.25) is 0 Å². The van der Waals surface area contributed by atoms with Crippen molar-refractivity contribution in [2.75, 3.05) is 7.11 Å². The van der Waals surface area contributed by atoms with Crippen molar-refractivity contribution in [1.29, 1.82) is 0 Å². The molecule has 0 saturated heterocycles. The molecule has 2 nitrogen and oxygen atoms in total. The van der Waals surface area contributed by atoms with Gasteiger partial charge in [0.1, 0.15) is 5.75 Å². The predicted octanol–water partition coefficient (Wildman–Crippen LogP) is 3.13. The van der Waals surface area contributed by atoms with Crippen molar-refractivity contribution in [1.82, 2.24) is 0 Å². The molecule has 0 saturated carbocycles. The maximum absolute atomic E-state index is 10.2. The van der Waals surface area contributed by atoms with Crippen LogP contribution in [0.25, 0.3) is 0 Å². The Bertz CT molecular complexity index is 563. The fraction of sp³-hybridized carbons (Fsp3) is 0.294. The lowest BCUT2D eigenvalue weighted by molar-refractivity contribution is 0.150. The van der Waals surface area contributed by atoms with Crippen LogP contribution in [-0.2, 0) is 6.42 Å². The van der Waals surface area contributed by atoms with Gasteiger partial charge in [-0.3, -0.25) is 0 Å². The van der Waals surface area contributed by atoms with Crippen LogP contribution in [0.1, 0.15) is 29.0 Å². The van der Waals surface area contributed by atoms with Gasteiger partial charge in [-0.2, -0.15) is 0 Å². The molecular formula is C17H18O2. The molecule has 0 heterocycles. The lowest BCUT2D eigenvalue weighted by Gasteiger charge is -2.30. The van der Waals surface area contributed by atoms with E-state index in [1.54, 1.807) is 7.11 Å². The molecule has 0 spiro atoms. The molecule has 2 atom stereocenters. The molecule has 0 aromatic heterocycles. The Kier molecular flexibility index (Phi) is 3.26. The first-order valence-corrected chi connectivity index (χ1v) is 6.68. The van der Waals surface area contributed by atoms with Crippen molar-refractivity contribution >= 4 is 0 Å². The highest BCUT2D eigenvalue weighted by Gasteiger charge is 2.28. The summed E-state index contributed by atoms with van der Waals surface area (Å²) in [7, 11) is 1.69. The second-order valence-corrected chi connectivity index (χ2v) is 5.08. The second kappa shape index (κ2) is 5.06. The summed E-state index contributed by atoms with van der Waals surface area (Å²) in [5.41, 5.74) is 3.70. The molecule has 0 aliphatic heterocycles. The number of ether oxygens (including phenoxy) is 1. The van der Waals surface area contributed by atoms with Crippen LogP contribution in [0.2, 0.25) is 0 Å². The van der Waals surface area contributed by atoms with Crippen molar-refractivity contribution in [3.8, 4) is 5.75 Å². The fourth-order valence-electron chi connectivity index (χ4n) is 3.04. The Hall–Kier alpha value is -1.80. The standard InChI is InChI=1S/C17H18O2/c1-19-17-9-5-8-14-15(10-13(18)11-16(14)17)12-6-3-2-4-7-12/h2-9,13,15,18H,10-11H2,1H3/t13-,15-/m1/s1. The lowest BCUT2D eigenvalue weighted by Crippen LogP contribution is -2.23. The van der Waals surface area contributed by atoms with E-state index < -0.39 is 0 Å². The van der Waals surface area contributed by atoms with E-state index in [0.717, 1.165) is 17.7 Å². The average molecular weight is 254 g/mol. The molecule has 0 amide bonds. The zero-order chi connectivity index (χ0) is 13.2. The highest BCUT2D eigenvalue weighted by atomic mass is 16.5. The summed E-state index contributed by atoms with van der Waals surface area (Å²) in [5, 5.41) is 10.2. The molecule has 1 N–H and O–H groups in total. The molecule has 19 heavy (non-hydrogen) atoms. The van der Waals surface area contributed by atoms with Gasteiger partial charge in [0, 0.05) is 17.9 Å². The van der Waals surface area contributed by atoms with Crippen molar-refractivity contribution in [3.05, 3.63) is 65.2 Å². The first-order chi connectivity index (χ1) is 9.29. The summed E-state index contributed by atoms with van der Waals surface area (Å²) >= 11 is 0. The molecule has 0 fully saturated rings. The van der Waals surface area contributed by atoms with E-state index in [0.29, 0.717) is 6.42 Å². The van der Waals surface area contributed by atoms with Crippen LogP contribution in [-0.4, -0.2) is 18.3 Å². The molecule has 98 valence electrons. The molecule has 2 aromatic rings. The van der Waals surface area contributed by atoms with Gasteiger partial charge >= 0.3 is 0 Å². The number of benzene rings is 2. The van der Waals surface area contributed by atoms with Gasteiger partial charge in [-0.15, -0.1) is 0 Å². The summed E-state index contributed by atoms with van der Waals surface area (Å²) in [6.07, 6.45) is 1.17. The van der Waals surface area contributed by atoms with E-state index in [-0.39, 0.29) is 12.0 Å². The predicted molar refractivity (Wildman–Crippen MR) is 75.6 cm³/mol.